The number of ether oxygens (including phenoxy) is 1. The largest absolute Gasteiger partial charge is 0.491 e. The third-order valence-electron chi connectivity index (χ3n) is 3.76. The fraction of sp³-hybridized carbons (Fsp3) is 0.118. The van der Waals surface area contributed by atoms with Crippen molar-refractivity contribution in [3.63, 3.8) is 0 Å². The second kappa shape index (κ2) is 5.04. The van der Waals surface area contributed by atoms with E-state index in [9.17, 15) is 0 Å². The predicted molar refractivity (Wildman–Crippen MR) is 87.7 cm³/mol. The SMILES string of the molecule is Brc1cccc2c(NC3COc4ccccc43)nccc12. The highest BCUT2D eigenvalue weighted by atomic mass is 79.9. The highest BCUT2D eigenvalue weighted by Gasteiger charge is 2.24. The zero-order valence-electron chi connectivity index (χ0n) is 11.2. The van der Waals surface area contributed by atoms with Gasteiger partial charge in [-0.15, -0.1) is 0 Å². The fourth-order valence-electron chi connectivity index (χ4n) is 2.73. The molecule has 4 rings (SSSR count). The number of para-hydroxylation sites is 1. The third kappa shape index (κ3) is 2.16. The summed E-state index contributed by atoms with van der Waals surface area (Å²) in [6.45, 7) is 0.630. The number of fused-ring (bicyclic) bond motifs is 2. The van der Waals surface area contributed by atoms with E-state index >= 15 is 0 Å². The standard InChI is InChI=1S/C17H13BrN2O/c18-14-6-3-5-12-11(14)8-9-19-17(12)20-15-10-21-16-7-2-1-4-13(15)16/h1-9,15H,10H2,(H,19,20). The molecule has 0 fully saturated rings. The van der Waals surface area contributed by atoms with E-state index in [4.69, 9.17) is 4.74 Å². The van der Waals surface area contributed by atoms with Crippen LogP contribution in [0.3, 0.4) is 0 Å². The van der Waals surface area contributed by atoms with Crippen LogP contribution in [0.4, 0.5) is 5.82 Å². The van der Waals surface area contributed by atoms with Crippen LogP contribution in [0.15, 0.2) is 59.2 Å². The molecule has 0 saturated carbocycles. The smallest absolute Gasteiger partial charge is 0.134 e. The van der Waals surface area contributed by atoms with Crippen molar-refractivity contribution in [1.29, 1.82) is 0 Å². The van der Waals surface area contributed by atoms with Crippen LogP contribution in [0.25, 0.3) is 10.8 Å². The Kier molecular flexibility index (Phi) is 3.04. The van der Waals surface area contributed by atoms with Gasteiger partial charge in [-0.2, -0.15) is 0 Å². The van der Waals surface area contributed by atoms with Crippen molar-refractivity contribution in [3.8, 4) is 5.75 Å². The number of anilines is 1. The Labute approximate surface area is 131 Å². The van der Waals surface area contributed by atoms with E-state index in [-0.39, 0.29) is 6.04 Å². The maximum absolute atomic E-state index is 5.72. The molecular weight excluding hydrogens is 328 g/mol. The molecule has 0 saturated heterocycles. The summed E-state index contributed by atoms with van der Waals surface area (Å²) in [6.07, 6.45) is 1.83. The summed E-state index contributed by atoms with van der Waals surface area (Å²) in [7, 11) is 0. The van der Waals surface area contributed by atoms with Gasteiger partial charge in [0.15, 0.2) is 0 Å². The first-order valence-electron chi connectivity index (χ1n) is 6.84. The summed E-state index contributed by atoms with van der Waals surface area (Å²) in [5.74, 6) is 1.84. The minimum atomic E-state index is 0.137. The van der Waals surface area contributed by atoms with Gasteiger partial charge in [0, 0.05) is 27.0 Å². The van der Waals surface area contributed by atoms with Crippen LogP contribution < -0.4 is 10.1 Å². The lowest BCUT2D eigenvalue weighted by Crippen LogP contribution is -2.13. The average Bonchev–Trinajstić information content (AvgIpc) is 2.92. The second-order valence-corrected chi connectivity index (χ2v) is 5.89. The van der Waals surface area contributed by atoms with Gasteiger partial charge in [0.25, 0.3) is 0 Å². The molecule has 0 aliphatic carbocycles. The number of rotatable bonds is 2. The number of nitrogens with zero attached hydrogens (tertiary/aromatic N) is 1. The van der Waals surface area contributed by atoms with Gasteiger partial charge in [-0.25, -0.2) is 4.98 Å². The molecule has 1 aromatic heterocycles. The zero-order chi connectivity index (χ0) is 14.2. The molecular formula is C17H13BrN2O. The summed E-state index contributed by atoms with van der Waals surface area (Å²) < 4.78 is 6.80. The molecule has 2 aromatic carbocycles. The van der Waals surface area contributed by atoms with Crippen molar-refractivity contribution < 1.29 is 4.74 Å². The predicted octanol–water partition coefficient (Wildman–Crippen LogP) is 4.54. The van der Waals surface area contributed by atoms with E-state index in [1.54, 1.807) is 0 Å². The number of halogens is 1. The normalized spacial score (nSPS) is 16.5. The lowest BCUT2D eigenvalue weighted by Gasteiger charge is -2.14. The Morgan fingerprint density at radius 3 is 2.90 bits per heavy atom. The molecule has 3 aromatic rings. The molecule has 0 spiro atoms. The molecule has 1 aliphatic rings. The van der Waals surface area contributed by atoms with E-state index in [0.29, 0.717) is 6.61 Å². The Morgan fingerprint density at radius 1 is 1.05 bits per heavy atom. The molecule has 1 unspecified atom stereocenters. The van der Waals surface area contributed by atoms with Crippen LogP contribution in [0.2, 0.25) is 0 Å². The molecule has 3 nitrogen and oxygen atoms in total. The molecule has 1 atom stereocenters. The van der Waals surface area contributed by atoms with Gasteiger partial charge < -0.3 is 10.1 Å². The van der Waals surface area contributed by atoms with E-state index in [1.807, 2.05) is 42.6 Å². The monoisotopic (exact) mass is 340 g/mol. The lowest BCUT2D eigenvalue weighted by atomic mass is 10.1. The van der Waals surface area contributed by atoms with Crippen LogP contribution in [-0.2, 0) is 0 Å². The zero-order valence-corrected chi connectivity index (χ0v) is 12.8. The molecule has 4 heteroatoms. The fourth-order valence-corrected chi connectivity index (χ4v) is 3.23. The Balaban J connectivity index is 1.75. The molecule has 1 aliphatic heterocycles. The number of pyridine rings is 1. The number of aromatic nitrogens is 1. The van der Waals surface area contributed by atoms with Gasteiger partial charge in [0.1, 0.15) is 18.2 Å². The molecule has 0 radical (unpaired) electrons. The van der Waals surface area contributed by atoms with Gasteiger partial charge >= 0.3 is 0 Å². The van der Waals surface area contributed by atoms with Crippen LogP contribution in [-0.4, -0.2) is 11.6 Å². The first kappa shape index (κ1) is 12.7. The number of nitrogens with one attached hydrogen (secondary N) is 1. The number of hydrogen-bond acceptors (Lipinski definition) is 3. The topological polar surface area (TPSA) is 34.1 Å². The van der Waals surface area contributed by atoms with E-state index in [1.165, 1.54) is 5.56 Å². The van der Waals surface area contributed by atoms with Gasteiger partial charge in [-0.3, -0.25) is 0 Å². The van der Waals surface area contributed by atoms with Crippen molar-refractivity contribution >= 4 is 32.5 Å². The first-order valence-corrected chi connectivity index (χ1v) is 7.64. The lowest BCUT2D eigenvalue weighted by molar-refractivity contribution is 0.339. The number of hydrogen-bond donors (Lipinski definition) is 1. The summed E-state index contributed by atoms with van der Waals surface area (Å²) >= 11 is 3.59. The molecule has 1 N–H and O–H groups in total. The highest BCUT2D eigenvalue weighted by Crippen LogP contribution is 2.35. The summed E-state index contributed by atoms with van der Waals surface area (Å²) in [6, 6.07) is 16.4. The highest BCUT2D eigenvalue weighted by molar-refractivity contribution is 9.10. The van der Waals surface area contributed by atoms with Crippen molar-refractivity contribution in [2.75, 3.05) is 11.9 Å². The van der Waals surface area contributed by atoms with Gasteiger partial charge in [0.05, 0.1) is 6.04 Å². The maximum Gasteiger partial charge on any atom is 0.134 e. The van der Waals surface area contributed by atoms with Crippen LogP contribution >= 0.6 is 15.9 Å². The third-order valence-corrected chi connectivity index (χ3v) is 4.46. The van der Waals surface area contributed by atoms with Gasteiger partial charge in [-0.05, 0) is 18.2 Å². The number of benzene rings is 2. The van der Waals surface area contributed by atoms with Crippen LogP contribution in [0.1, 0.15) is 11.6 Å². The van der Waals surface area contributed by atoms with Crippen LogP contribution in [0.5, 0.6) is 5.75 Å². The minimum absolute atomic E-state index is 0.137. The summed E-state index contributed by atoms with van der Waals surface area (Å²) in [5.41, 5.74) is 1.19. The van der Waals surface area contributed by atoms with Crippen LogP contribution in [0, 0.1) is 0 Å². The Bertz CT molecular complexity index is 819. The minimum Gasteiger partial charge on any atom is -0.491 e. The molecule has 104 valence electrons. The van der Waals surface area contributed by atoms with Crippen molar-refractivity contribution in [2.45, 2.75) is 6.04 Å². The van der Waals surface area contributed by atoms with E-state index in [2.05, 4.69) is 38.4 Å². The molecule has 21 heavy (non-hydrogen) atoms. The van der Waals surface area contributed by atoms with E-state index < -0.39 is 0 Å². The molecule has 2 heterocycles. The summed E-state index contributed by atoms with van der Waals surface area (Å²) in [5, 5.41) is 5.77. The quantitative estimate of drug-likeness (QED) is 0.743. The summed E-state index contributed by atoms with van der Waals surface area (Å²) in [4.78, 5) is 4.50. The Morgan fingerprint density at radius 2 is 1.95 bits per heavy atom. The first-order chi connectivity index (χ1) is 10.3. The Hall–Kier alpha value is -2.07. The molecule has 0 bridgehead atoms. The van der Waals surface area contributed by atoms with Gasteiger partial charge in [-0.1, -0.05) is 46.3 Å². The average molecular weight is 341 g/mol. The second-order valence-electron chi connectivity index (χ2n) is 5.04. The molecule has 0 amide bonds. The van der Waals surface area contributed by atoms with Crippen molar-refractivity contribution in [2.24, 2.45) is 0 Å². The van der Waals surface area contributed by atoms with Crippen molar-refractivity contribution in [1.82, 2.24) is 4.98 Å². The van der Waals surface area contributed by atoms with Gasteiger partial charge in [0.2, 0.25) is 0 Å². The maximum atomic E-state index is 5.72. The van der Waals surface area contributed by atoms with Crippen molar-refractivity contribution in [3.05, 3.63) is 64.8 Å². The van der Waals surface area contributed by atoms with E-state index in [0.717, 1.165) is 26.8 Å².